The van der Waals surface area contributed by atoms with Crippen LogP contribution in [0.1, 0.15) is 129 Å². The van der Waals surface area contributed by atoms with Crippen LogP contribution < -0.4 is 5.32 Å². The van der Waals surface area contributed by atoms with Crippen LogP contribution in [0.15, 0.2) is 0 Å². The number of phosphoric acid groups is 1. The number of nitrogens with one attached hydrogen (secondary N) is 1. The summed E-state index contributed by atoms with van der Waals surface area (Å²) in [5.41, 5.74) is 0. The molecule has 0 aromatic heterocycles. The van der Waals surface area contributed by atoms with Gasteiger partial charge in [0.1, 0.15) is 25.9 Å². The Bertz CT molecular complexity index is 600. The van der Waals surface area contributed by atoms with Gasteiger partial charge in [0.05, 0.1) is 21.1 Å². The first-order chi connectivity index (χ1) is 18.1. The van der Waals surface area contributed by atoms with E-state index in [-0.39, 0.29) is 13.2 Å². The monoisotopic (exact) mass is 565 g/mol. The van der Waals surface area contributed by atoms with Gasteiger partial charge in [-0.2, -0.15) is 0 Å². The summed E-state index contributed by atoms with van der Waals surface area (Å²) < 4.78 is 28.5. The average molecular weight is 566 g/mol. The Morgan fingerprint density at radius 2 is 1.21 bits per heavy atom. The Balaban J connectivity index is 3.87. The van der Waals surface area contributed by atoms with E-state index in [1.807, 2.05) is 21.1 Å². The topological polar surface area (TPSA) is 94.1 Å². The number of likely N-dealkylation sites (N-methyl/N-ethyl adjacent to an activating group) is 1. The first-order valence-electron chi connectivity index (χ1n) is 15.4. The molecule has 0 saturated heterocycles. The van der Waals surface area contributed by atoms with E-state index in [0.717, 1.165) is 19.3 Å². The van der Waals surface area contributed by atoms with E-state index in [4.69, 9.17) is 13.8 Å². The summed E-state index contributed by atoms with van der Waals surface area (Å²) in [5.74, 6) is 0. The first kappa shape index (κ1) is 37.3. The van der Waals surface area contributed by atoms with Crippen LogP contribution in [-0.2, 0) is 18.3 Å². The third kappa shape index (κ3) is 26.9. The predicted octanol–water partition coefficient (Wildman–Crippen LogP) is 7.98. The molecule has 0 rings (SSSR count). The number of carbonyl (C=O) groups is 1. The standard InChI is InChI=1S/C29H61N2O6P/c1-6-7-8-9-10-11-12-13-14-15-16-17-18-19-20-21-22-23-24-28(27-35-29(32)30-2)37-38(33,34)36-26-25-31(3,4)5/h28H,6-27H2,1-5H3,(H-,30,32,33,34)/p+1. The summed E-state index contributed by atoms with van der Waals surface area (Å²) in [6.07, 6.45) is 22.8. The number of rotatable bonds is 27. The highest BCUT2D eigenvalue weighted by Crippen LogP contribution is 2.45. The first-order valence-corrected chi connectivity index (χ1v) is 16.9. The SMILES string of the molecule is CCCCCCCCCCCCCCCCCCCCC(COC(=O)NC)OP(=O)(O)OCC[N+](C)(C)C. The van der Waals surface area contributed by atoms with Gasteiger partial charge in [0.25, 0.3) is 0 Å². The van der Waals surface area contributed by atoms with Gasteiger partial charge in [-0.3, -0.25) is 9.05 Å². The lowest BCUT2D eigenvalue weighted by Crippen LogP contribution is -2.37. The van der Waals surface area contributed by atoms with Crippen molar-refractivity contribution in [2.45, 2.75) is 135 Å². The lowest BCUT2D eigenvalue weighted by atomic mass is 10.0. The number of nitrogens with zero attached hydrogens (tertiary/aromatic N) is 1. The van der Waals surface area contributed by atoms with Crippen LogP contribution in [0.5, 0.6) is 0 Å². The van der Waals surface area contributed by atoms with Gasteiger partial charge in [-0.25, -0.2) is 9.36 Å². The zero-order chi connectivity index (χ0) is 28.5. The Hall–Kier alpha value is -0.660. The van der Waals surface area contributed by atoms with Crippen molar-refractivity contribution < 1.29 is 32.5 Å². The molecule has 2 unspecified atom stereocenters. The minimum absolute atomic E-state index is 0.0815. The normalized spacial score (nSPS) is 14.3. The maximum absolute atomic E-state index is 12.4. The number of amides is 1. The minimum atomic E-state index is -4.22. The van der Waals surface area contributed by atoms with Gasteiger partial charge in [0, 0.05) is 7.05 Å². The van der Waals surface area contributed by atoms with E-state index in [1.165, 1.54) is 103 Å². The molecule has 1 amide bonds. The molecule has 0 aliphatic heterocycles. The molecule has 2 N–H and O–H groups in total. The highest BCUT2D eigenvalue weighted by Gasteiger charge is 2.28. The quantitative estimate of drug-likeness (QED) is 0.0596. The van der Waals surface area contributed by atoms with Crippen molar-refractivity contribution in [3.05, 3.63) is 0 Å². The van der Waals surface area contributed by atoms with E-state index in [0.29, 0.717) is 17.4 Å². The van der Waals surface area contributed by atoms with Gasteiger partial charge in [-0.1, -0.05) is 122 Å². The van der Waals surface area contributed by atoms with Crippen molar-refractivity contribution in [2.75, 3.05) is 47.9 Å². The molecule has 9 heteroatoms. The van der Waals surface area contributed by atoms with E-state index >= 15 is 0 Å². The molecule has 0 aliphatic rings. The van der Waals surface area contributed by atoms with Crippen molar-refractivity contribution in [3.8, 4) is 0 Å². The average Bonchev–Trinajstić information content (AvgIpc) is 2.85. The molecule has 0 heterocycles. The molecule has 0 aromatic carbocycles. The molecule has 0 radical (unpaired) electrons. The predicted molar refractivity (Wildman–Crippen MR) is 157 cm³/mol. The third-order valence-electron chi connectivity index (χ3n) is 6.78. The number of carbonyl (C=O) groups excluding carboxylic acids is 1. The molecule has 0 spiro atoms. The number of hydrogen-bond donors (Lipinski definition) is 2. The van der Waals surface area contributed by atoms with Gasteiger partial charge < -0.3 is 19.4 Å². The van der Waals surface area contributed by atoms with Crippen LogP contribution in [0, 0.1) is 0 Å². The molecule has 2 atom stereocenters. The summed E-state index contributed by atoms with van der Waals surface area (Å²) in [5, 5.41) is 2.38. The maximum atomic E-state index is 12.4. The fourth-order valence-electron chi connectivity index (χ4n) is 4.33. The zero-order valence-corrected chi connectivity index (χ0v) is 26.4. The Morgan fingerprint density at radius 3 is 1.61 bits per heavy atom. The molecule has 0 aromatic rings. The molecule has 38 heavy (non-hydrogen) atoms. The molecular formula is C29H62N2O6P+. The lowest BCUT2D eigenvalue weighted by Gasteiger charge is -2.25. The second-order valence-electron chi connectivity index (χ2n) is 11.7. The van der Waals surface area contributed by atoms with Crippen LogP contribution >= 0.6 is 7.82 Å². The van der Waals surface area contributed by atoms with Crippen molar-refractivity contribution in [3.63, 3.8) is 0 Å². The van der Waals surface area contributed by atoms with Crippen molar-refractivity contribution in [2.24, 2.45) is 0 Å². The largest absolute Gasteiger partial charge is 0.472 e. The molecule has 228 valence electrons. The molecule has 0 saturated carbocycles. The van der Waals surface area contributed by atoms with Crippen molar-refractivity contribution >= 4 is 13.9 Å². The fraction of sp³-hybridized carbons (Fsp3) is 0.966. The number of hydrogen-bond acceptors (Lipinski definition) is 5. The van der Waals surface area contributed by atoms with E-state index in [2.05, 4.69) is 12.2 Å². The maximum Gasteiger partial charge on any atom is 0.472 e. The highest BCUT2D eigenvalue weighted by molar-refractivity contribution is 7.47. The molecule has 0 aliphatic carbocycles. The van der Waals surface area contributed by atoms with Crippen molar-refractivity contribution in [1.29, 1.82) is 0 Å². The number of unbranched alkanes of at least 4 members (excludes halogenated alkanes) is 17. The Labute approximate surface area is 234 Å². The smallest absolute Gasteiger partial charge is 0.447 e. The van der Waals surface area contributed by atoms with Gasteiger partial charge >= 0.3 is 13.9 Å². The number of alkyl carbamates (subject to hydrolysis) is 1. The summed E-state index contributed by atoms with van der Waals surface area (Å²) in [7, 11) is 3.19. The molecule has 0 bridgehead atoms. The highest BCUT2D eigenvalue weighted by atomic mass is 31.2. The van der Waals surface area contributed by atoms with Crippen LogP contribution in [0.25, 0.3) is 0 Å². The van der Waals surface area contributed by atoms with E-state index < -0.39 is 20.0 Å². The summed E-state index contributed by atoms with van der Waals surface area (Å²) in [6, 6.07) is 0. The van der Waals surface area contributed by atoms with Crippen LogP contribution in [-0.4, -0.2) is 69.5 Å². The van der Waals surface area contributed by atoms with Gasteiger partial charge in [0.2, 0.25) is 0 Å². The Kier molecular flexibility index (Phi) is 23.7. The van der Waals surface area contributed by atoms with Gasteiger partial charge in [-0.05, 0) is 6.42 Å². The summed E-state index contributed by atoms with van der Waals surface area (Å²) in [6.45, 7) is 2.88. The van der Waals surface area contributed by atoms with Crippen LogP contribution in [0.4, 0.5) is 4.79 Å². The zero-order valence-electron chi connectivity index (χ0n) is 25.5. The Morgan fingerprint density at radius 1 is 0.789 bits per heavy atom. The molecular weight excluding hydrogens is 503 g/mol. The third-order valence-corrected chi connectivity index (χ3v) is 7.86. The van der Waals surface area contributed by atoms with E-state index in [9.17, 15) is 14.3 Å². The fourth-order valence-corrected chi connectivity index (χ4v) is 5.25. The second-order valence-corrected chi connectivity index (χ2v) is 13.1. The van der Waals surface area contributed by atoms with Gasteiger partial charge in [0.15, 0.2) is 0 Å². The minimum Gasteiger partial charge on any atom is -0.447 e. The van der Waals surface area contributed by atoms with Crippen LogP contribution in [0.3, 0.4) is 0 Å². The lowest BCUT2D eigenvalue weighted by molar-refractivity contribution is -0.870. The number of phosphoric ester groups is 1. The number of quaternary nitrogens is 1. The molecule has 8 nitrogen and oxygen atoms in total. The van der Waals surface area contributed by atoms with Gasteiger partial charge in [-0.15, -0.1) is 0 Å². The van der Waals surface area contributed by atoms with Crippen LogP contribution in [0.2, 0.25) is 0 Å². The summed E-state index contributed by atoms with van der Waals surface area (Å²) >= 11 is 0. The number of ether oxygens (including phenoxy) is 1. The molecule has 0 fully saturated rings. The summed E-state index contributed by atoms with van der Waals surface area (Å²) in [4.78, 5) is 21.6. The van der Waals surface area contributed by atoms with E-state index in [1.54, 1.807) is 0 Å². The van der Waals surface area contributed by atoms with Crippen molar-refractivity contribution in [1.82, 2.24) is 5.32 Å². The second kappa shape index (κ2) is 24.2.